The maximum absolute atomic E-state index is 13.0. The second-order valence-electron chi connectivity index (χ2n) is 7.36. The van der Waals surface area contributed by atoms with Crippen LogP contribution in [0.15, 0.2) is 47.3 Å². The van der Waals surface area contributed by atoms with E-state index in [4.69, 9.17) is 11.6 Å². The molecule has 2 amide bonds. The summed E-state index contributed by atoms with van der Waals surface area (Å²) >= 11 is 6.01. The molecule has 1 aromatic heterocycles. The lowest BCUT2D eigenvalue weighted by atomic mass is 10.2. The number of nitrogens with one attached hydrogen (secondary N) is 2. The number of aromatic nitrogens is 2. The Bertz CT molecular complexity index is 1160. The topological polar surface area (TPSA) is 95.2 Å². The molecular weight excluding hydrogens is 435 g/mol. The summed E-state index contributed by atoms with van der Waals surface area (Å²) < 4.78 is 13.0. The lowest BCUT2D eigenvalue weighted by Crippen LogP contribution is -2.33. The van der Waals surface area contributed by atoms with Crippen LogP contribution >= 0.6 is 11.6 Å². The van der Waals surface area contributed by atoms with Gasteiger partial charge in [0, 0.05) is 30.1 Å². The van der Waals surface area contributed by atoms with E-state index in [1.54, 1.807) is 23.1 Å². The van der Waals surface area contributed by atoms with Crippen LogP contribution in [0.3, 0.4) is 0 Å². The number of fused-ring (bicyclic) bond motifs is 1. The highest BCUT2D eigenvalue weighted by Crippen LogP contribution is 2.15. The molecule has 0 spiro atoms. The minimum atomic E-state index is -0.409. The highest BCUT2D eigenvalue weighted by molar-refractivity contribution is 6.31. The van der Waals surface area contributed by atoms with Crippen molar-refractivity contribution in [3.05, 3.63) is 75.0 Å². The number of benzene rings is 2. The van der Waals surface area contributed by atoms with Crippen molar-refractivity contribution in [3.8, 4) is 0 Å². The third kappa shape index (κ3) is 6.13. The molecule has 0 radical (unpaired) electrons. The fraction of sp³-hybridized carbons (Fsp3) is 0.304. The van der Waals surface area contributed by atoms with Gasteiger partial charge in [0.1, 0.15) is 11.6 Å². The Kier molecular flexibility index (Phi) is 7.94. The van der Waals surface area contributed by atoms with E-state index in [1.165, 1.54) is 24.3 Å². The Morgan fingerprint density at radius 3 is 2.66 bits per heavy atom. The number of carbonyl (C=O) groups excluding carboxylic acids is 2. The number of amides is 2. The Morgan fingerprint density at radius 1 is 1.19 bits per heavy atom. The molecule has 32 heavy (non-hydrogen) atoms. The van der Waals surface area contributed by atoms with E-state index in [0.717, 1.165) is 6.42 Å². The highest BCUT2D eigenvalue weighted by atomic mass is 35.5. The molecule has 0 saturated carbocycles. The molecule has 0 saturated heterocycles. The van der Waals surface area contributed by atoms with Crippen molar-refractivity contribution < 1.29 is 14.0 Å². The Hall–Kier alpha value is -3.26. The number of hydrogen-bond donors (Lipinski definition) is 2. The first-order valence-corrected chi connectivity index (χ1v) is 10.7. The van der Waals surface area contributed by atoms with Crippen molar-refractivity contribution in [1.29, 1.82) is 0 Å². The smallest absolute Gasteiger partial charge is 0.258 e. The normalized spacial score (nSPS) is 10.8. The average Bonchev–Trinajstić information content (AvgIpc) is 2.76. The molecule has 0 bridgehead atoms. The molecule has 0 aliphatic carbocycles. The van der Waals surface area contributed by atoms with Gasteiger partial charge >= 0.3 is 0 Å². The summed E-state index contributed by atoms with van der Waals surface area (Å²) in [5.41, 5.74) is 0.550. The Balaban J connectivity index is 1.57. The first-order chi connectivity index (χ1) is 15.4. The highest BCUT2D eigenvalue weighted by Gasteiger charge is 2.15. The fourth-order valence-corrected chi connectivity index (χ4v) is 3.45. The van der Waals surface area contributed by atoms with E-state index in [-0.39, 0.29) is 30.3 Å². The maximum Gasteiger partial charge on any atom is 0.258 e. The van der Waals surface area contributed by atoms with E-state index >= 15 is 0 Å². The van der Waals surface area contributed by atoms with Gasteiger partial charge in [0.2, 0.25) is 5.91 Å². The summed E-state index contributed by atoms with van der Waals surface area (Å²) in [6.45, 7) is 2.95. The molecule has 168 valence electrons. The van der Waals surface area contributed by atoms with Crippen molar-refractivity contribution in [3.63, 3.8) is 0 Å². The molecule has 0 unspecified atom stereocenters. The van der Waals surface area contributed by atoms with Crippen LogP contribution in [0, 0.1) is 5.82 Å². The predicted molar refractivity (Wildman–Crippen MR) is 121 cm³/mol. The summed E-state index contributed by atoms with van der Waals surface area (Å²) in [7, 11) is 0. The second-order valence-corrected chi connectivity index (χ2v) is 7.79. The van der Waals surface area contributed by atoms with Crippen molar-refractivity contribution in [2.75, 3.05) is 13.1 Å². The number of hydrogen-bond acceptors (Lipinski definition) is 4. The van der Waals surface area contributed by atoms with Gasteiger partial charge in [0.25, 0.3) is 11.5 Å². The Morgan fingerprint density at radius 2 is 1.94 bits per heavy atom. The predicted octanol–water partition coefficient (Wildman–Crippen LogP) is 3.66. The van der Waals surface area contributed by atoms with Crippen molar-refractivity contribution >= 4 is 34.3 Å². The number of nitrogens with zero attached hydrogens (tertiary/aromatic N) is 2. The molecule has 2 N–H and O–H groups in total. The van der Waals surface area contributed by atoms with Crippen molar-refractivity contribution in [1.82, 2.24) is 20.2 Å². The van der Waals surface area contributed by atoms with Gasteiger partial charge in [0.15, 0.2) is 0 Å². The zero-order valence-electron chi connectivity index (χ0n) is 17.7. The van der Waals surface area contributed by atoms with E-state index in [1.807, 2.05) is 6.92 Å². The third-order valence-electron chi connectivity index (χ3n) is 4.86. The summed E-state index contributed by atoms with van der Waals surface area (Å²) in [4.78, 5) is 45.9. The van der Waals surface area contributed by atoms with Gasteiger partial charge in [0.05, 0.1) is 17.4 Å². The van der Waals surface area contributed by atoms with Crippen molar-refractivity contribution in [2.45, 2.75) is 32.7 Å². The van der Waals surface area contributed by atoms with Gasteiger partial charge in [-0.2, -0.15) is 0 Å². The molecule has 1 heterocycles. The quantitative estimate of drug-likeness (QED) is 0.478. The van der Waals surface area contributed by atoms with Crippen LogP contribution in [0.25, 0.3) is 10.9 Å². The van der Waals surface area contributed by atoms with Crippen LogP contribution in [0.2, 0.25) is 5.02 Å². The van der Waals surface area contributed by atoms with Crippen molar-refractivity contribution in [2.24, 2.45) is 0 Å². The van der Waals surface area contributed by atoms with Crippen LogP contribution in [-0.2, 0) is 11.3 Å². The van der Waals surface area contributed by atoms with Gasteiger partial charge in [-0.25, -0.2) is 9.37 Å². The summed E-state index contributed by atoms with van der Waals surface area (Å²) in [6, 6.07) is 10.1. The fourth-order valence-electron chi connectivity index (χ4n) is 3.28. The monoisotopic (exact) mass is 458 g/mol. The average molecular weight is 459 g/mol. The third-order valence-corrected chi connectivity index (χ3v) is 5.10. The lowest BCUT2D eigenvalue weighted by Gasteiger charge is -2.22. The molecule has 3 aromatic rings. The van der Waals surface area contributed by atoms with E-state index < -0.39 is 5.82 Å². The van der Waals surface area contributed by atoms with E-state index in [2.05, 4.69) is 15.3 Å². The minimum Gasteiger partial charge on any atom is -0.352 e. The zero-order chi connectivity index (χ0) is 23.1. The molecule has 7 nitrogen and oxygen atoms in total. The number of aromatic amines is 1. The first kappa shape index (κ1) is 23.4. The maximum atomic E-state index is 13.0. The summed E-state index contributed by atoms with van der Waals surface area (Å²) in [6.07, 6.45) is 1.42. The lowest BCUT2D eigenvalue weighted by molar-refractivity contribution is -0.132. The molecule has 0 aliphatic heterocycles. The molecular formula is C23H24ClFN4O3. The van der Waals surface area contributed by atoms with Gasteiger partial charge in [-0.1, -0.05) is 18.5 Å². The SMILES string of the molecule is CCCN(Cc1nc2cc(Cl)ccc2c(=O)[nH]1)C(=O)CCCNC(=O)c1ccc(F)cc1. The summed E-state index contributed by atoms with van der Waals surface area (Å²) in [5, 5.41) is 3.63. The largest absolute Gasteiger partial charge is 0.352 e. The molecule has 3 rings (SSSR count). The number of halogens is 2. The van der Waals surface area contributed by atoms with E-state index in [9.17, 15) is 18.8 Å². The van der Waals surface area contributed by atoms with Crippen LogP contribution in [0.5, 0.6) is 0 Å². The van der Waals surface area contributed by atoms with Crippen LogP contribution in [0.4, 0.5) is 4.39 Å². The van der Waals surface area contributed by atoms with Crippen LogP contribution in [-0.4, -0.2) is 39.8 Å². The second kappa shape index (κ2) is 10.9. The molecule has 9 heteroatoms. The standard InChI is InChI=1S/C23H24ClFN4O3/c1-2-12-29(14-20-27-19-13-16(24)7-10-18(19)23(32)28-20)21(30)4-3-11-26-22(31)15-5-8-17(25)9-6-15/h5-10,13H,2-4,11-12,14H2,1H3,(H,26,31)(H,27,28,32). The van der Waals surface area contributed by atoms with Crippen LogP contribution in [0.1, 0.15) is 42.4 Å². The first-order valence-electron chi connectivity index (χ1n) is 10.4. The van der Waals surface area contributed by atoms with E-state index in [0.29, 0.717) is 46.8 Å². The van der Waals surface area contributed by atoms with Gasteiger partial charge in [-0.05, 0) is 55.3 Å². The molecule has 0 atom stereocenters. The zero-order valence-corrected chi connectivity index (χ0v) is 18.4. The number of rotatable bonds is 9. The van der Waals surface area contributed by atoms with Crippen LogP contribution < -0.4 is 10.9 Å². The summed E-state index contributed by atoms with van der Waals surface area (Å²) in [5.74, 6) is -0.444. The Labute approximate surface area is 189 Å². The molecule has 0 aliphatic rings. The van der Waals surface area contributed by atoms with Gasteiger partial charge < -0.3 is 15.2 Å². The van der Waals surface area contributed by atoms with Gasteiger partial charge in [-0.3, -0.25) is 14.4 Å². The number of carbonyl (C=O) groups is 2. The number of H-pyrrole nitrogens is 1. The minimum absolute atomic E-state index is 0.100. The van der Waals surface area contributed by atoms with Gasteiger partial charge in [-0.15, -0.1) is 0 Å². The molecule has 0 fully saturated rings. The molecule has 2 aromatic carbocycles.